The first-order valence-corrected chi connectivity index (χ1v) is 6.44. The van der Waals surface area contributed by atoms with Crippen LogP contribution in [-0.2, 0) is 0 Å². The van der Waals surface area contributed by atoms with E-state index >= 15 is 0 Å². The highest BCUT2D eigenvalue weighted by Gasteiger charge is 2.00. The van der Waals surface area contributed by atoms with Crippen LogP contribution in [0.3, 0.4) is 0 Å². The van der Waals surface area contributed by atoms with Crippen molar-refractivity contribution in [3.8, 4) is 0 Å². The normalized spacial score (nSPS) is 10.9. The summed E-state index contributed by atoms with van der Waals surface area (Å²) in [5.41, 5.74) is 0. The fourth-order valence-corrected chi connectivity index (χ4v) is 2.33. The van der Waals surface area contributed by atoms with Gasteiger partial charge < -0.3 is 5.32 Å². The van der Waals surface area contributed by atoms with Crippen molar-refractivity contribution in [2.75, 3.05) is 12.3 Å². The van der Waals surface area contributed by atoms with Gasteiger partial charge in [0, 0.05) is 29.0 Å². The van der Waals surface area contributed by atoms with Gasteiger partial charge in [0.05, 0.1) is 0 Å². The van der Waals surface area contributed by atoms with Gasteiger partial charge in [0.15, 0.2) is 0 Å². The van der Waals surface area contributed by atoms with Gasteiger partial charge in [0.1, 0.15) is 5.03 Å². The summed E-state index contributed by atoms with van der Waals surface area (Å²) >= 11 is 5.24. The number of nitrogens with zero attached hydrogens (tertiary/aromatic N) is 1. The Balaban J connectivity index is 2.28. The highest BCUT2D eigenvalue weighted by atomic mass is 79.9. The predicted octanol–water partition coefficient (Wildman–Crippen LogP) is 2.93. The Morgan fingerprint density at radius 2 is 2.36 bits per heavy atom. The zero-order valence-corrected chi connectivity index (χ0v) is 10.9. The van der Waals surface area contributed by atoms with Gasteiger partial charge in [-0.3, -0.25) is 0 Å². The van der Waals surface area contributed by atoms with Gasteiger partial charge >= 0.3 is 0 Å². The predicted molar refractivity (Wildman–Crippen MR) is 65.8 cm³/mol. The minimum Gasteiger partial charge on any atom is -0.314 e. The second kappa shape index (κ2) is 6.43. The number of pyridine rings is 1. The van der Waals surface area contributed by atoms with Gasteiger partial charge in [-0.1, -0.05) is 13.8 Å². The van der Waals surface area contributed by atoms with Crippen molar-refractivity contribution in [3.05, 3.63) is 22.8 Å². The summed E-state index contributed by atoms with van der Waals surface area (Å²) in [7, 11) is 0. The van der Waals surface area contributed by atoms with Crippen molar-refractivity contribution in [1.29, 1.82) is 0 Å². The number of hydrogen-bond acceptors (Lipinski definition) is 3. The maximum Gasteiger partial charge on any atom is 0.110 e. The molecule has 0 saturated heterocycles. The molecule has 0 fully saturated rings. The molecule has 1 heterocycles. The quantitative estimate of drug-likeness (QED) is 0.660. The lowest BCUT2D eigenvalue weighted by molar-refractivity contribution is 0.616. The van der Waals surface area contributed by atoms with E-state index in [-0.39, 0.29) is 0 Å². The van der Waals surface area contributed by atoms with E-state index in [1.165, 1.54) is 0 Å². The van der Waals surface area contributed by atoms with Crippen LogP contribution in [-0.4, -0.2) is 23.3 Å². The van der Waals surface area contributed by atoms with E-state index < -0.39 is 0 Å². The molecule has 0 aliphatic heterocycles. The van der Waals surface area contributed by atoms with E-state index in [2.05, 4.69) is 40.1 Å². The van der Waals surface area contributed by atoms with Gasteiger partial charge in [-0.05, 0) is 28.1 Å². The number of hydrogen-bond donors (Lipinski definition) is 1. The maximum atomic E-state index is 4.28. The molecule has 0 saturated carbocycles. The summed E-state index contributed by atoms with van der Waals surface area (Å²) in [4.78, 5) is 4.28. The molecule has 0 atom stereocenters. The van der Waals surface area contributed by atoms with Crippen molar-refractivity contribution in [3.63, 3.8) is 0 Å². The summed E-state index contributed by atoms with van der Waals surface area (Å²) in [6.45, 7) is 5.33. The fourth-order valence-electron chi connectivity index (χ4n) is 0.973. The highest BCUT2D eigenvalue weighted by molar-refractivity contribution is 9.10. The van der Waals surface area contributed by atoms with E-state index in [1.54, 1.807) is 11.8 Å². The number of halogens is 1. The number of nitrogens with one attached hydrogen (secondary N) is 1. The molecule has 2 nitrogen and oxygen atoms in total. The van der Waals surface area contributed by atoms with Gasteiger partial charge in [-0.15, -0.1) is 11.8 Å². The molecule has 1 aromatic rings. The third kappa shape index (κ3) is 4.44. The van der Waals surface area contributed by atoms with Crippen LogP contribution in [0.5, 0.6) is 0 Å². The highest BCUT2D eigenvalue weighted by Crippen LogP contribution is 2.23. The number of aromatic nitrogens is 1. The van der Waals surface area contributed by atoms with Gasteiger partial charge in [-0.25, -0.2) is 4.98 Å². The van der Waals surface area contributed by atoms with Gasteiger partial charge in [0.25, 0.3) is 0 Å². The van der Waals surface area contributed by atoms with Crippen LogP contribution in [0.1, 0.15) is 13.8 Å². The van der Waals surface area contributed by atoms with Crippen molar-refractivity contribution in [2.45, 2.75) is 24.9 Å². The Labute approximate surface area is 98.0 Å². The third-order valence-corrected chi connectivity index (χ3v) is 3.53. The molecule has 4 heteroatoms. The topological polar surface area (TPSA) is 24.9 Å². The lowest BCUT2D eigenvalue weighted by Crippen LogP contribution is -2.24. The summed E-state index contributed by atoms with van der Waals surface area (Å²) in [6.07, 6.45) is 1.82. The van der Waals surface area contributed by atoms with Crippen LogP contribution in [0.2, 0.25) is 0 Å². The monoisotopic (exact) mass is 274 g/mol. The molecule has 78 valence electrons. The van der Waals surface area contributed by atoms with E-state index in [4.69, 9.17) is 0 Å². The van der Waals surface area contributed by atoms with E-state index in [1.807, 2.05) is 18.3 Å². The average molecular weight is 275 g/mol. The zero-order chi connectivity index (χ0) is 10.4. The molecule has 0 aromatic carbocycles. The second-order valence-corrected chi connectivity index (χ2v) is 5.19. The maximum absolute atomic E-state index is 4.28. The molecule has 0 aliphatic carbocycles. The molecule has 0 radical (unpaired) electrons. The molecule has 0 unspecified atom stereocenters. The summed E-state index contributed by atoms with van der Waals surface area (Å²) in [5.74, 6) is 1.05. The molecule has 1 N–H and O–H groups in total. The lowest BCUT2D eigenvalue weighted by atomic mass is 10.4. The molecular weight excluding hydrogens is 260 g/mol. The van der Waals surface area contributed by atoms with Gasteiger partial charge in [-0.2, -0.15) is 0 Å². The zero-order valence-electron chi connectivity index (χ0n) is 8.46. The first-order chi connectivity index (χ1) is 6.70. The Hall–Kier alpha value is -0.0600. The molecular formula is C10H15BrN2S. The van der Waals surface area contributed by atoms with Crippen molar-refractivity contribution >= 4 is 27.7 Å². The SMILES string of the molecule is CC(C)NCCSc1ncccc1Br. The fraction of sp³-hybridized carbons (Fsp3) is 0.500. The molecule has 14 heavy (non-hydrogen) atoms. The Kier molecular flexibility index (Phi) is 5.52. The van der Waals surface area contributed by atoms with Crippen molar-refractivity contribution < 1.29 is 0 Å². The summed E-state index contributed by atoms with van der Waals surface area (Å²) in [6, 6.07) is 4.51. The number of rotatable bonds is 5. The standard InChI is InChI=1S/C10H15BrN2S/c1-8(2)12-6-7-14-10-9(11)4-3-5-13-10/h3-5,8,12H,6-7H2,1-2H3. The summed E-state index contributed by atoms with van der Waals surface area (Å²) < 4.78 is 1.08. The molecule has 0 bridgehead atoms. The third-order valence-electron chi connectivity index (χ3n) is 1.62. The van der Waals surface area contributed by atoms with E-state index in [9.17, 15) is 0 Å². The Morgan fingerprint density at radius 1 is 1.57 bits per heavy atom. The van der Waals surface area contributed by atoms with Crippen molar-refractivity contribution in [1.82, 2.24) is 10.3 Å². The van der Waals surface area contributed by atoms with Gasteiger partial charge in [0.2, 0.25) is 0 Å². The number of thioether (sulfide) groups is 1. The van der Waals surface area contributed by atoms with Crippen LogP contribution < -0.4 is 5.32 Å². The molecule has 0 amide bonds. The summed E-state index contributed by atoms with van der Waals surface area (Å²) in [5, 5.41) is 4.44. The van der Waals surface area contributed by atoms with Crippen LogP contribution >= 0.6 is 27.7 Å². The first kappa shape index (κ1) is 12.0. The van der Waals surface area contributed by atoms with Crippen molar-refractivity contribution in [2.24, 2.45) is 0 Å². The molecule has 1 aromatic heterocycles. The second-order valence-electron chi connectivity index (χ2n) is 3.25. The van der Waals surface area contributed by atoms with E-state index in [0.29, 0.717) is 6.04 Å². The minimum atomic E-state index is 0.558. The first-order valence-electron chi connectivity index (χ1n) is 4.67. The van der Waals surface area contributed by atoms with Crippen LogP contribution in [0.25, 0.3) is 0 Å². The Morgan fingerprint density at radius 3 is 3.00 bits per heavy atom. The minimum absolute atomic E-state index is 0.558. The Bertz CT molecular complexity index is 279. The molecule has 0 spiro atoms. The van der Waals surface area contributed by atoms with Crippen LogP contribution in [0.4, 0.5) is 0 Å². The van der Waals surface area contributed by atoms with Crippen LogP contribution in [0.15, 0.2) is 27.8 Å². The lowest BCUT2D eigenvalue weighted by Gasteiger charge is -2.07. The van der Waals surface area contributed by atoms with E-state index in [0.717, 1.165) is 21.8 Å². The largest absolute Gasteiger partial charge is 0.314 e. The molecule has 1 rings (SSSR count). The average Bonchev–Trinajstić information content (AvgIpc) is 2.15. The smallest absolute Gasteiger partial charge is 0.110 e. The molecule has 0 aliphatic rings. The van der Waals surface area contributed by atoms with Crippen LogP contribution in [0, 0.1) is 0 Å².